The van der Waals surface area contributed by atoms with Gasteiger partial charge in [0, 0.05) is 51.0 Å². The molecule has 90 heavy (non-hydrogen) atoms. The van der Waals surface area contributed by atoms with Crippen molar-refractivity contribution >= 4 is 73.2 Å². The van der Waals surface area contributed by atoms with Crippen LogP contribution in [0.1, 0.15) is 151 Å². The molecule has 0 aliphatic carbocycles. The summed E-state index contributed by atoms with van der Waals surface area (Å²) < 4.78 is 5.37. The number of hydrogen-bond acceptors (Lipinski definition) is 15. The third kappa shape index (κ3) is 16.2. The van der Waals surface area contributed by atoms with Crippen molar-refractivity contribution in [2.75, 3.05) is 0 Å². The van der Waals surface area contributed by atoms with Crippen molar-refractivity contribution in [1.29, 1.82) is 0 Å². The van der Waals surface area contributed by atoms with Crippen LogP contribution in [-0.2, 0) is 0 Å². The Labute approximate surface area is 546 Å². The number of aromatic nitrogens is 12. The molecule has 0 aliphatic rings. The third-order valence-corrected chi connectivity index (χ3v) is 15.1. The lowest BCUT2D eigenvalue weighted by Gasteiger charge is -2.11. The number of nitrogens with two attached hydrogens (primary N) is 3. The zero-order valence-electron chi connectivity index (χ0n) is 51.5. The van der Waals surface area contributed by atoms with Gasteiger partial charge in [-0.1, -0.05) is 113 Å². The van der Waals surface area contributed by atoms with Gasteiger partial charge in [-0.15, -0.1) is 0 Å². The molecule has 0 bridgehead atoms. The largest absolute Gasteiger partial charge is 0.387 e. The first-order valence-corrected chi connectivity index (χ1v) is 29.8. The van der Waals surface area contributed by atoms with E-state index in [1.54, 1.807) is 53.0 Å². The molecule has 0 spiro atoms. The van der Waals surface area contributed by atoms with Gasteiger partial charge in [-0.25, -0.2) is 29.0 Å². The highest BCUT2D eigenvalue weighted by atomic mass is 32.1. The molecular weight excluding hydrogens is 1180 g/mol. The summed E-state index contributed by atoms with van der Waals surface area (Å²) in [4.78, 5) is 28.0. The maximum absolute atomic E-state index is 9.85. The van der Waals surface area contributed by atoms with E-state index in [0.717, 1.165) is 122 Å². The predicted octanol–water partition coefficient (Wildman–Crippen LogP) is 13.3. The predicted molar refractivity (Wildman–Crippen MR) is 375 cm³/mol. The second-order valence-electron chi connectivity index (χ2n) is 21.8. The van der Waals surface area contributed by atoms with E-state index in [-0.39, 0.29) is 58.6 Å². The van der Waals surface area contributed by atoms with E-state index in [2.05, 4.69) is 69.2 Å². The fourth-order valence-corrected chi connectivity index (χ4v) is 10.3. The van der Waals surface area contributed by atoms with Crippen molar-refractivity contribution in [3.63, 3.8) is 0 Å². The average molecular weight is 1260 g/mol. The van der Waals surface area contributed by atoms with Crippen LogP contribution in [0.15, 0.2) is 182 Å². The van der Waals surface area contributed by atoms with E-state index in [4.69, 9.17) is 32.2 Å². The summed E-state index contributed by atoms with van der Waals surface area (Å²) in [6.45, 7) is 11.5. The van der Waals surface area contributed by atoms with E-state index < -0.39 is 18.3 Å². The Balaban J connectivity index is 0.000000189. The molecule has 3 unspecified atom stereocenters. The fraction of sp³-hybridized carbons (Fsp3) is 0.261. The van der Waals surface area contributed by atoms with Gasteiger partial charge >= 0.3 is 0 Å². The van der Waals surface area contributed by atoms with Crippen LogP contribution in [0.5, 0.6) is 0 Å². The topological polar surface area (TPSA) is 270 Å². The minimum atomic E-state index is -0.633. The summed E-state index contributed by atoms with van der Waals surface area (Å²) in [5, 5.41) is 46.1. The van der Waals surface area contributed by atoms with Gasteiger partial charge in [-0.3, -0.25) is 15.0 Å². The summed E-state index contributed by atoms with van der Waals surface area (Å²) in [6, 6.07) is 52.9. The van der Waals surface area contributed by atoms with Crippen LogP contribution in [0.25, 0.3) is 83.9 Å². The van der Waals surface area contributed by atoms with E-state index >= 15 is 0 Å². The first kappa shape index (κ1) is 69.3. The Kier molecular flexibility index (Phi) is 24.6. The van der Waals surface area contributed by atoms with Crippen LogP contribution >= 0.6 is 40.5 Å². The lowest BCUT2D eigenvalue weighted by atomic mass is 10.1. The second-order valence-corrected chi connectivity index (χ2v) is 21.8. The lowest BCUT2D eigenvalue weighted by molar-refractivity contribution is 0.194. The normalized spacial score (nSPS) is 13.1. The Hall–Kier alpha value is -8.22. The summed E-state index contributed by atoms with van der Waals surface area (Å²) in [5.74, 6) is 2.01. The third-order valence-electron chi connectivity index (χ3n) is 15.1. The maximum atomic E-state index is 9.85. The molecule has 6 atom stereocenters. The van der Waals surface area contributed by atoms with Crippen LogP contribution in [0.3, 0.4) is 0 Å². The highest BCUT2D eigenvalue weighted by molar-refractivity contribution is 7.59. The van der Waals surface area contributed by atoms with Gasteiger partial charge < -0.3 is 32.5 Å². The molecule has 12 rings (SSSR count). The van der Waals surface area contributed by atoms with Gasteiger partial charge in [0.15, 0.2) is 17.5 Å². The first-order chi connectivity index (χ1) is 42.2. The molecule has 0 fully saturated rings. The standard InChI is InChI=1S/3C23H25N5O.3H2S/c3*1-3-6-18(24)21-9-4-8-20(26-21)16-11-12-17-14-25-28(22(17)13-16)23-10-5-7-19(27-23)15(2)29;;;/h3*4-5,7-15,18,29H,3,6,24H2,1-2H3;3*1H2/t3*15?,18-;;;/m000.../s1. The highest BCUT2D eigenvalue weighted by Crippen LogP contribution is 2.31. The lowest BCUT2D eigenvalue weighted by Crippen LogP contribution is -2.11. The molecule has 21 heteroatoms. The molecule has 0 saturated heterocycles. The number of rotatable bonds is 18. The van der Waals surface area contributed by atoms with Gasteiger partial charge in [-0.2, -0.15) is 55.8 Å². The fourth-order valence-electron chi connectivity index (χ4n) is 10.3. The number of nitrogens with zero attached hydrogens (tertiary/aromatic N) is 12. The minimum absolute atomic E-state index is 0. The molecule has 9 N–H and O–H groups in total. The number of benzene rings is 3. The molecular formula is C69H81N15O3S3. The SMILES string of the molecule is CCC[C@H](N)c1cccc(-c2ccc3cnn(-c4cccc(C(C)O)n4)c3c2)n1.CCC[C@H](N)c1cccc(-c2ccc3cnn(-c4cccc(C(C)O)n4)c3c2)n1.CCC[C@H](N)c1cccc(-c2ccc3cnn(-c4cccc(C(C)O)n4)c3c2)n1.S.S.S. The zero-order chi connectivity index (χ0) is 61.1. The maximum Gasteiger partial charge on any atom is 0.154 e. The van der Waals surface area contributed by atoms with Gasteiger partial charge in [-0.05, 0) is 131 Å². The number of aliphatic hydroxyl groups excluding tert-OH is 3. The van der Waals surface area contributed by atoms with Gasteiger partial charge in [0.05, 0.1) is 105 Å². The Morgan fingerprint density at radius 1 is 0.344 bits per heavy atom. The molecule has 9 heterocycles. The smallest absolute Gasteiger partial charge is 0.154 e. The van der Waals surface area contributed by atoms with Crippen molar-refractivity contribution < 1.29 is 15.3 Å². The molecule has 18 nitrogen and oxygen atoms in total. The number of pyridine rings is 6. The van der Waals surface area contributed by atoms with Crippen molar-refractivity contribution in [1.82, 2.24) is 59.2 Å². The average Bonchev–Trinajstić information content (AvgIpc) is 1.71. The van der Waals surface area contributed by atoms with E-state index in [9.17, 15) is 15.3 Å². The first-order valence-electron chi connectivity index (χ1n) is 29.8. The molecule has 468 valence electrons. The Bertz CT molecular complexity index is 3850. The minimum Gasteiger partial charge on any atom is -0.387 e. The van der Waals surface area contributed by atoms with Crippen LogP contribution in [0.2, 0.25) is 0 Å². The number of aliphatic hydroxyl groups is 3. The summed E-state index contributed by atoms with van der Waals surface area (Å²) in [6.07, 6.45) is 9.36. The van der Waals surface area contributed by atoms with Gasteiger partial charge in [0.25, 0.3) is 0 Å². The Morgan fingerprint density at radius 3 is 0.856 bits per heavy atom. The Morgan fingerprint density at radius 2 is 0.600 bits per heavy atom. The van der Waals surface area contributed by atoms with Crippen LogP contribution in [-0.4, -0.2) is 74.6 Å². The molecule has 0 saturated carbocycles. The van der Waals surface area contributed by atoms with Crippen LogP contribution in [0, 0.1) is 0 Å². The molecule has 9 aromatic heterocycles. The van der Waals surface area contributed by atoms with Crippen LogP contribution < -0.4 is 17.2 Å². The molecule has 0 aliphatic heterocycles. The van der Waals surface area contributed by atoms with E-state index in [0.29, 0.717) is 34.5 Å². The molecule has 0 amide bonds. The number of hydrogen-bond donors (Lipinski definition) is 6. The van der Waals surface area contributed by atoms with Crippen molar-refractivity contribution in [2.45, 2.75) is 117 Å². The monoisotopic (exact) mass is 1260 g/mol. The van der Waals surface area contributed by atoms with E-state index in [1.165, 1.54) is 0 Å². The van der Waals surface area contributed by atoms with Crippen LogP contribution in [0.4, 0.5) is 0 Å². The summed E-state index contributed by atoms with van der Waals surface area (Å²) >= 11 is 0. The van der Waals surface area contributed by atoms with Gasteiger partial charge in [0.1, 0.15) is 0 Å². The summed E-state index contributed by atoms with van der Waals surface area (Å²) in [5.41, 5.74) is 31.8. The second kappa shape index (κ2) is 32.0. The highest BCUT2D eigenvalue weighted by Gasteiger charge is 2.17. The van der Waals surface area contributed by atoms with Gasteiger partial charge in [0.2, 0.25) is 0 Å². The number of fused-ring (bicyclic) bond motifs is 3. The zero-order valence-corrected chi connectivity index (χ0v) is 54.5. The molecule has 0 radical (unpaired) electrons. The van der Waals surface area contributed by atoms with Crippen molar-refractivity contribution in [3.05, 3.63) is 217 Å². The quantitative estimate of drug-likeness (QED) is 0.0466. The van der Waals surface area contributed by atoms with Crippen molar-refractivity contribution in [2.24, 2.45) is 17.2 Å². The molecule has 12 aromatic rings. The molecule has 3 aromatic carbocycles. The van der Waals surface area contributed by atoms with E-state index in [1.807, 2.05) is 146 Å². The summed E-state index contributed by atoms with van der Waals surface area (Å²) in [7, 11) is 0. The van der Waals surface area contributed by atoms with Crippen molar-refractivity contribution in [3.8, 4) is 51.2 Å².